The first kappa shape index (κ1) is 19.3. The van der Waals surface area contributed by atoms with Crippen LogP contribution >= 0.6 is 0 Å². The number of amides is 2. The normalized spacial score (nSPS) is 32.6. The number of benzene rings is 1. The van der Waals surface area contributed by atoms with Crippen LogP contribution in [0.4, 0.5) is 4.79 Å². The number of rotatable bonds is 2. The van der Waals surface area contributed by atoms with Crippen molar-refractivity contribution in [1.82, 2.24) is 10.2 Å². The fourth-order valence-electron chi connectivity index (χ4n) is 5.06. The van der Waals surface area contributed by atoms with E-state index in [2.05, 4.69) is 62.2 Å². The van der Waals surface area contributed by atoms with Crippen molar-refractivity contribution in [2.45, 2.75) is 76.3 Å². The van der Waals surface area contributed by atoms with Crippen molar-refractivity contribution in [2.75, 3.05) is 13.2 Å². The van der Waals surface area contributed by atoms with E-state index in [0.29, 0.717) is 25.4 Å². The molecule has 1 spiro atoms. The highest BCUT2D eigenvalue weighted by Crippen LogP contribution is 2.43. The molecule has 2 amide bonds. The molecule has 28 heavy (non-hydrogen) atoms. The van der Waals surface area contributed by atoms with Crippen LogP contribution in [0.25, 0.3) is 0 Å². The summed E-state index contributed by atoms with van der Waals surface area (Å²) in [5.41, 5.74) is 2.64. The number of hydrogen-bond donors (Lipinski definition) is 1. The van der Waals surface area contributed by atoms with E-state index in [0.717, 1.165) is 19.4 Å². The number of piperidine rings is 1. The lowest BCUT2D eigenvalue weighted by atomic mass is 9.68. The number of cyclic esters (lactones) is 1. The fourth-order valence-corrected chi connectivity index (χ4v) is 5.06. The minimum atomic E-state index is -0.349. The number of alkyl carbamates (subject to hydrolysis) is 1. The van der Waals surface area contributed by atoms with Gasteiger partial charge in [-0.1, -0.05) is 45.0 Å². The summed E-state index contributed by atoms with van der Waals surface area (Å²) >= 11 is 0. The average Bonchev–Trinajstić information content (AvgIpc) is 3.01. The molecule has 2 saturated heterocycles. The molecule has 0 radical (unpaired) electrons. The molecule has 1 aliphatic carbocycles. The Balaban J connectivity index is 1.34. The van der Waals surface area contributed by atoms with E-state index in [4.69, 9.17) is 4.74 Å². The van der Waals surface area contributed by atoms with Crippen LogP contribution in [0, 0.1) is 5.92 Å². The van der Waals surface area contributed by atoms with Gasteiger partial charge in [-0.25, -0.2) is 4.79 Å². The quantitative estimate of drug-likeness (QED) is 0.839. The van der Waals surface area contributed by atoms with Crippen molar-refractivity contribution in [3.63, 3.8) is 0 Å². The van der Waals surface area contributed by atoms with Crippen molar-refractivity contribution in [2.24, 2.45) is 5.92 Å². The van der Waals surface area contributed by atoms with Gasteiger partial charge >= 0.3 is 6.09 Å². The molecule has 5 nitrogen and oxygen atoms in total. The van der Waals surface area contributed by atoms with E-state index in [-0.39, 0.29) is 34.9 Å². The van der Waals surface area contributed by atoms with Crippen LogP contribution in [-0.4, -0.2) is 41.6 Å². The third kappa shape index (κ3) is 3.51. The molecule has 1 aromatic carbocycles. The zero-order chi connectivity index (χ0) is 20.1. The fraction of sp³-hybridized carbons (Fsp3) is 0.652. The largest absolute Gasteiger partial charge is 0.447 e. The minimum Gasteiger partial charge on any atom is -0.447 e. The lowest BCUT2D eigenvalue weighted by molar-refractivity contribution is -0.144. The second-order valence-corrected chi connectivity index (χ2v) is 10.1. The summed E-state index contributed by atoms with van der Waals surface area (Å²) in [6.45, 7) is 10.1. The van der Waals surface area contributed by atoms with Gasteiger partial charge in [0.15, 0.2) is 0 Å². The van der Waals surface area contributed by atoms with E-state index in [1.807, 2.05) is 0 Å². The average molecular weight is 385 g/mol. The number of nitrogens with one attached hydrogen (secondary N) is 1. The Labute approximate surface area is 167 Å². The summed E-state index contributed by atoms with van der Waals surface area (Å²) in [5.74, 6) is 0.788. The predicted octanol–water partition coefficient (Wildman–Crippen LogP) is 3.97. The van der Waals surface area contributed by atoms with Crippen LogP contribution in [0.2, 0.25) is 0 Å². The molecule has 4 rings (SSSR count). The van der Waals surface area contributed by atoms with E-state index in [1.54, 1.807) is 0 Å². The second kappa shape index (κ2) is 6.78. The van der Waals surface area contributed by atoms with Crippen LogP contribution < -0.4 is 5.32 Å². The predicted molar refractivity (Wildman–Crippen MR) is 108 cm³/mol. The number of nitrogens with zero attached hydrogens (tertiary/aromatic N) is 1. The molecule has 3 aliphatic rings. The number of carbonyl (C=O) groups excluding carboxylic acids is 2. The summed E-state index contributed by atoms with van der Waals surface area (Å²) in [5, 5.41) is 2.88. The molecular formula is C23H32N2O3. The molecule has 5 heteroatoms. The van der Waals surface area contributed by atoms with Gasteiger partial charge in [0.05, 0.1) is 5.54 Å². The van der Waals surface area contributed by atoms with Crippen molar-refractivity contribution < 1.29 is 14.3 Å². The molecule has 2 aliphatic heterocycles. The van der Waals surface area contributed by atoms with E-state index in [9.17, 15) is 9.59 Å². The Morgan fingerprint density at radius 3 is 2.43 bits per heavy atom. The topological polar surface area (TPSA) is 58.6 Å². The Kier molecular flexibility index (Phi) is 4.67. The maximum absolute atomic E-state index is 13.0. The highest BCUT2D eigenvalue weighted by Gasteiger charge is 2.53. The summed E-state index contributed by atoms with van der Waals surface area (Å²) in [6.07, 6.45) is 3.09. The molecule has 0 aromatic heterocycles. The van der Waals surface area contributed by atoms with Crippen LogP contribution in [0.3, 0.4) is 0 Å². The standard InChI is InChI=1S/C23H32N2O3/c1-15-11-17(16-5-7-19(8-6-16)22(2,3)4)9-10-25(15)20(26)18-12-23(13-18)14-28-21(27)24-23/h5-8,15,17-18H,9-14H2,1-4H3,(H,24,27). The summed E-state index contributed by atoms with van der Waals surface area (Å²) in [4.78, 5) is 26.3. The highest BCUT2D eigenvalue weighted by molar-refractivity contribution is 5.82. The second-order valence-electron chi connectivity index (χ2n) is 10.1. The smallest absolute Gasteiger partial charge is 0.407 e. The van der Waals surface area contributed by atoms with E-state index in [1.165, 1.54) is 11.1 Å². The third-order valence-electron chi connectivity index (χ3n) is 6.88. The third-order valence-corrected chi connectivity index (χ3v) is 6.88. The number of ether oxygens (including phenoxy) is 1. The number of carbonyl (C=O) groups is 2. The van der Waals surface area contributed by atoms with Gasteiger partial charge in [0.2, 0.25) is 5.91 Å². The molecule has 2 heterocycles. The molecule has 3 fully saturated rings. The molecule has 0 bridgehead atoms. The van der Waals surface area contributed by atoms with Gasteiger partial charge in [0.25, 0.3) is 0 Å². The SMILES string of the molecule is CC1CC(c2ccc(C(C)(C)C)cc2)CCN1C(=O)C1CC2(COC(=O)N2)C1. The first-order valence-corrected chi connectivity index (χ1v) is 10.5. The first-order chi connectivity index (χ1) is 13.2. The molecule has 1 saturated carbocycles. The van der Waals surface area contributed by atoms with Gasteiger partial charge in [-0.3, -0.25) is 4.79 Å². The van der Waals surface area contributed by atoms with Gasteiger partial charge in [-0.15, -0.1) is 0 Å². The Morgan fingerprint density at radius 2 is 1.89 bits per heavy atom. The van der Waals surface area contributed by atoms with Gasteiger partial charge in [0.1, 0.15) is 6.61 Å². The summed E-state index contributed by atoms with van der Waals surface area (Å²) in [7, 11) is 0. The zero-order valence-corrected chi connectivity index (χ0v) is 17.5. The Bertz CT molecular complexity index is 759. The Hall–Kier alpha value is -2.04. The van der Waals surface area contributed by atoms with Gasteiger partial charge in [-0.05, 0) is 55.1 Å². The summed E-state index contributed by atoms with van der Waals surface area (Å²) < 4.78 is 5.02. The van der Waals surface area contributed by atoms with Gasteiger partial charge in [0, 0.05) is 18.5 Å². The number of likely N-dealkylation sites (tertiary alicyclic amines) is 1. The molecule has 2 unspecified atom stereocenters. The van der Waals surface area contributed by atoms with Crippen LogP contribution in [0.15, 0.2) is 24.3 Å². The van der Waals surface area contributed by atoms with Crippen molar-refractivity contribution in [3.8, 4) is 0 Å². The molecule has 152 valence electrons. The number of hydrogen-bond acceptors (Lipinski definition) is 3. The molecule has 2 atom stereocenters. The van der Waals surface area contributed by atoms with Crippen molar-refractivity contribution in [3.05, 3.63) is 35.4 Å². The van der Waals surface area contributed by atoms with Crippen molar-refractivity contribution >= 4 is 12.0 Å². The zero-order valence-electron chi connectivity index (χ0n) is 17.5. The minimum absolute atomic E-state index is 0.0204. The van der Waals surface area contributed by atoms with E-state index >= 15 is 0 Å². The lowest BCUT2D eigenvalue weighted by Crippen LogP contribution is -2.59. The maximum Gasteiger partial charge on any atom is 0.407 e. The van der Waals surface area contributed by atoms with Gasteiger partial charge < -0.3 is 15.0 Å². The van der Waals surface area contributed by atoms with Crippen LogP contribution in [0.1, 0.15) is 70.4 Å². The Morgan fingerprint density at radius 1 is 1.21 bits per heavy atom. The maximum atomic E-state index is 13.0. The van der Waals surface area contributed by atoms with Crippen molar-refractivity contribution in [1.29, 1.82) is 0 Å². The highest BCUT2D eigenvalue weighted by atomic mass is 16.6. The molecular weight excluding hydrogens is 352 g/mol. The van der Waals surface area contributed by atoms with E-state index < -0.39 is 0 Å². The first-order valence-electron chi connectivity index (χ1n) is 10.5. The molecule has 1 N–H and O–H groups in total. The summed E-state index contributed by atoms with van der Waals surface area (Å²) in [6, 6.07) is 9.30. The van der Waals surface area contributed by atoms with Crippen LogP contribution in [-0.2, 0) is 14.9 Å². The lowest BCUT2D eigenvalue weighted by Gasteiger charge is -2.46. The monoisotopic (exact) mass is 384 g/mol. The molecule has 1 aromatic rings. The van der Waals surface area contributed by atoms with Crippen LogP contribution in [0.5, 0.6) is 0 Å². The van der Waals surface area contributed by atoms with Gasteiger partial charge in [-0.2, -0.15) is 0 Å².